The molecule has 170 valence electrons. The Kier molecular flexibility index (Phi) is 3.79. The third-order valence-corrected chi connectivity index (χ3v) is 8.36. The van der Waals surface area contributed by atoms with E-state index in [2.05, 4.69) is 134 Å². The molecule has 0 saturated heterocycles. The van der Waals surface area contributed by atoms with E-state index in [-0.39, 0.29) is 5.41 Å². The van der Waals surface area contributed by atoms with E-state index in [9.17, 15) is 0 Å². The van der Waals surface area contributed by atoms with Gasteiger partial charge in [-0.15, -0.1) is 0 Å². The minimum atomic E-state index is -0.00257. The number of hydrogen-bond acceptors (Lipinski definition) is 0. The van der Waals surface area contributed by atoms with Gasteiger partial charge in [-0.3, -0.25) is 0 Å². The van der Waals surface area contributed by atoms with Gasteiger partial charge >= 0.3 is 0 Å². The molecule has 1 aromatic heterocycles. The summed E-state index contributed by atoms with van der Waals surface area (Å²) in [7, 11) is 0. The fraction of sp³-hybridized carbons (Fsp3) is 0.0857. The van der Waals surface area contributed by atoms with Crippen molar-refractivity contribution in [2.24, 2.45) is 0 Å². The maximum absolute atomic E-state index is 2.47. The summed E-state index contributed by atoms with van der Waals surface area (Å²) in [5, 5.41) is 7.77. The molecule has 0 bridgehead atoms. The van der Waals surface area contributed by atoms with E-state index < -0.39 is 0 Å². The highest BCUT2D eigenvalue weighted by atomic mass is 15.0. The Morgan fingerprint density at radius 1 is 0.500 bits per heavy atom. The zero-order chi connectivity index (χ0) is 24.0. The smallest absolute Gasteiger partial charge is 0.0547 e. The fourth-order valence-corrected chi connectivity index (χ4v) is 6.65. The molecule has 0 saturated carbocycles. The van der Waals surface area contributed by atoms with E-state index in [0.717, 1.165) is 0 Å². The Morgan fingerprint density at radius 2 is 1.25 bits per heavy atom. The highest BCUT2D eigenvalue weighted by Crippen LogP contribution is 2.52. The normalized spacial score (nSPS) is 14.1. The molecule has 1 heteroatoms. The molecule has 1 aliphatic rings. The van der Waals surface area contributed by atoms with Crippen LogP contribution in [0.25, 0.3) is 60.2 Å². The van der Waals surface area contributed by atoms with Crippen LogP contribution in [0.1, 0.15) is 25.0 Å². The van der Waals surface area contributed by atoms with Gasteiger partial charge in [0.2, 0.25) is 0 Å². The molecule has 36 heavy (non-hydrogen) atoms. The summed E-state index contributed by atoms with van der Waals surface area (Å²) in [5.74, 6) is 0. The lowest BCUT2D eigenvalue weighted by Crippen LogP contribution is -2.14. The Morgan fingerprint density at radius 3 is 2.17 bits per heavy atom. The number of para-hydroxylation sites is 1. The van der Waals surface area contributed by atoms with Gasteiger partial charge in [0.1, 0.15) is 0 Å². The number of hydrogen-bond donors (Lipinski definition) is 0. The van der Waals surface area contributed by atoms with Crippen LogP contribution in [-0.4, -0.2) is 4.57 Å². The van der Waals surface area contributed by atoms with Gasteiger partial charge in [-0.2, -0.15) is 0 Å². The zero-order valence-electron chi connectivity index (χ0n) is 20.4. The third kappa shape index (κ3) is 2.45. The molecular formula is C35H25N. The summed E-state index contributed by atoms with van der Waals surface area (Å²) >= 11 is 0. The first-order valence-corrected chi connectivity index (χ1v) is 12.7. The lowest BCUT2D eigenvalue weighted by atomic mass is 9.82. The van der Waals surface area contributed by atoms with Gasteiger partial charge < -0.3 is 4.57 Å². The number of aromatic nitrogens is 1. The summed E-state index contributed by atoms with van der Waals surface area (Å²) in [4.78, 5) is 0. The van der Waals surface area contributed by atoms with Crippen molar-refractivity contribution >= 4 is 43.4 Å². The van der Waals surface area contributed by atoms with Crippen molar-refractivity contribution in [1.29, 1.82) is 0 Å². The molecule has 0 unspecified atom stereocenters. The van der Waals surface area contributed by atoms with Gasteiger partial charge in [0.15, 0.2) is 0 Å². The van der Waals surface area contributed by atoms with Crippen LogP contribution >= 0.6 is 0 Å². The Balaban J connectivity index is 1.57. The van der Waals surface area contributed by atoms with E-state index in [0.29, 0.717) is 0 Å². The predicted octanol–water partition coefficient (Wildman–Crippen LogP) is 9.40. The second-order valence-corrected chi connectivity index (χ2v) is 10.6. The average Bonchev–Trinajstić information content (AvgIpc) is 3.36. The van der Waals surface area contributed by atoms with Crippen LogP contribution in [0, 0.1) is 0 Å². The van der Waals surface area contributed by atoms with Crippen LogP contribution in [0.4, 0.5) is 0 Å². The van der Waals surface area contributed by atoms with Gasteiger partial charge in [0.05, 0.1) is 16.7 Å². The largest absolute Gasteiger partial charge is 0.309 e. The molecule has 0 radical (unpaired) electrons. The topological polar surface area (TPSA) is 4.93 Å². The molecule has 1 nitrogen and oxygen atoms in total. The van der Waals surface area contributed by atoms with Crippen molar-refractivity contribution < 1.29 is 0 Å². The number of nitrogens with zero attached hydrogens (tertiary/aromatic N) is 1. The van der Waals surface area contributed by atoms with Crippen LogP contribution < -0.4 is 0 Å². The molecule has 0 atom stereocenters. The van der Waals surface area contributed by atoms with E-state index in [1.165, 1.54) is 71.3 Å². The van der Waals surface area contributed by atoms with Crippen LogP contribution in [0.3, 0.4) is 0 Å². The summed E-state index contributed by atoms with van der Waals surface area (Å²) < 4.78 is 2.47. The van der Waals surface area contributed by atoms with E-state index >= 15 is 0 Å². The van der Waals surface area contributed by atoms with Crippen molar-refractivity contribution in [3.8, 4) is 16.8 Å². The van der Waals surface area contributed by atoms with Crippen LogP contribution in [0.15, 0.2) is 115 Å². The predicted molar refractivity (Wildman–Crippen MR) is 153 cm³/mol. The van der Waals surface area contributed by atoms with E-state index in [1.54, 1.807) is 0 Å². The quantitative estimate of drug-likeness (QED) is 0.230. The molecule has 1 aliphatic carbocycles. The maximum Gasteiger partial charge on any atom is 0.0547 e. The Bertz CT molecular complexity index is 2010. The molecule has 7 aromatic rings. The number of benzene rings is 6. The monoisotopic (exact) mass is 459 g/mol. The van der Waals surface area contributed by atoms with Gasteiger partial charge in [-0.05, 0) is 62.7 Å². The first kappa shape index (κ1) is 19.9. The minimum absolute atomic E-state index is 0.00257. The molecule has 0 amide bonds. The van der Waals surface area contributed by atoms with Crippen molar-refractivity contribution in [2.45, 2.75) is 19.3 Å². The van der Waals surface area contributed by atoms with Crippen molar-refractivity contribution in [2.75, 3.05) is 0 Å². The number of fused-ring (bicyclic) bond motifs is 9. The fourth-order valence-electron chi connectivity index (χ4n) is 6.65. The summed E-state index contributed by atoms with van der Waals surface area (Å²) in [6.07, 6.45) is 0. The molecule has 0 N–H and O–H groups in total. The van der Waals surface area contributed by atoms with E-state index in [1.807, 2.05) is 0 Å². The SMILES string of the molecule is CC1(C)c2ccccc2-c2c1ccc1cc3c4ccccc4n(-c4cccc5ccccc45)c3cc21. The highest BCUT2D eigenvalue weighted by Gasteiger charge is 2.36. The molecule has 1 heterocycles. The second-order valence-electron chi connectivity index (χ2n) is 10.6. The zero-order valence-corrected chi connectivity index (χ0v) is 20.4. The first-order chi connectivity index (χ1) is 17.6. The maximum atomic E-state index is 2.47. The van der Waals surface area contributed by atoms with Gasteiger partial charge in [0, 0.05) is 21.6 Å². The van der Waals surface area contributed by atoms with Crippen molar-refractivity contribution in [3.63, 3.8) is 0 Å². The lowest BCUT2D eigenvalue weighted by Gasteiger charge is -2.21. The Labute approximate surface area is 210 Å². The molecule has 6 aromatic carbocycles. The first-order valence-electron chi connectivity index (χ1n) is 12.7. The van der Waals surface area contributed by atoms with E-state index in [4.69, 9.17) is 0 Å². The average molecular weight is 460 g/mol. The van der Waals surface area contributed by atoms with Crippen LogP contribution in [0.5, 0.6) is 0 Å². The van der Waals surface area contributed by atoms with Crippen LogP contribution in [-0.2, 0) is 5.41 Å². The second kappa shape index (κ2) is 6.86. The van der Waals surface area contributed by atoms with Crippen molar-refractivity contribution in [1.82, 2.24) is 4.57 Å². The van der Waals surface area contributed by atoms with Crippen LogP contribution in [0.2, 0.25) is 0 Å². The minimum Gasteiger partial charge on any atom is -0.309 e. The van der Waals surface area contributed by atoms with Gasteiger partial charge in [-0.1, -0.05) is 105 Å². The molecule has 8 rings (SSSR count). The highest BCUT2D eigenvalue weighted by molar-refractivity contribution is 6.17. The number of rotatable bonds is 1. The molecule has 0 aliphatic heterocycles. The third-order valence-electron chi connectivity index (χ3n) is 8.36. The Hall–Kier alpha value is -4.36. The standard InChI is InChI=1S/C35H25N/c1-35(2)29-15-7-5-14-26(29)34-27-21-33-28(20-23(27)18-19-30(34)35)25-13-6-8-16-32(25)36(33)31-17-9-11-22-10-3-4-12-24(22)31/h3-21H,1-2H3. The van der Waals surface area contributed by atoms with Gasteiger partial charge in [-0.25, -0.2) is 0 Å². The summed E-state index contributed by atoms with van der Waals surface area (Å²) in [6, 6.07) is 42.6. The molecule has 0 spiro atoms. The molecular weight excluding hydrogens is 434 g/mol. The lowest BCUT2D eigenvalue weighted by molar-refractivity contribution is 0.661. The molecule has 0 fully saturated rings. The van der Waals surface area contributed by atoms with Crippen molar-refractivity contribution in [3.05, 3.63) is 126 Å². The van der Waals surface area contributed by atoms with Gasteiger partial charge in [0.25, 0.3) is 0 Å². The summed E-state index contributed by atoms with van der Waals surface area (Å²) in [6.45, 7) is 4.71. The summed E-state index contributed by atoms with van der Waals surface area (Å²) in [5.41, 5.74) is 9.34.